The first-order valence-corrected chi connectivity index (χ1v) is 8.80. The van der Waals surface area contributed by atoms with E-state index in [1.807, 2.05) is 18.2 Å². The Balaban J connectivity index is 1.73. The summed E-state index contributed by atoms with van der Waals surface area (Å²) in [6.07, 6.45) is 1.20. The van der Waals surface area contributed by atoms with Crippen LogP contribution in [0.15, 0.2) is 30.3 Å². The molecule has 2 unspecified atom stereocenters. The highest BCUT2D eigenvalue weighted by atomic mass is 32.1. The second kappa shape index (κ2) is 6.75. The Hall–Kier alpha value is -1.46. The van der Waals surface area contributed by atoms with Gasteiger partial charge in [0, 0.05) is 43.3 Å². The summed E-state index contributed by atoms with van der Waals surface area (Å²) < 4.78 is 4.54. The third kappa shape index (κ3) is 3.15. The lowest BCUT2D eigenvalue weighted by atomic mass is 9.93. The minimum absolute atomic E-state index is 0.555. The molecule has 1 aliphatic heterocycles. The van der Waals surface area contributed by atoms with Gasteiger partial charge < -0.3 is 9.80 Å². The highest BCUT2D eigenvalue weighted by Crippen LogP contribution is 2.29. The van der Waals surface area contributed by atoms with E-state index in [2.05, 4.69) is 47.2 Å². The fourth-order valence-electron chi connectivity index (χ4n) is 3.29. The topological polar surface area (TPSA) is 32.3 Å². The summed E-state index contributed by atoms with van der Waals surface area (Å²) in [5, 5.41) is 1.03. The number of nitrogens with zero attached hydrogens (tertiary/aromatic N) is 4. The van der Waals surface area contributed by atoms with Crippen LogP contribution in [0.2, 0.25) is 0 Å². The van der Waals surface area contributed by atoms with Gasteiger partial charge in [-0.1, -0.05) is 44.2 Å². The van der Waals surface area contributed by atoms with Gasteiger partial charge in [0.05, 0.1) is 0 Å². The van der Waals surface area contributed by atoms with Crippen molar-refractivity contribution in [3.8, 4) is 11.4 Å². The summed E-state index contributed by atoms with van der Waals surface area (Å²) in [5.41, 5.74) is 1.09. The molecule has 0 saturated carbocycles. The second-order valence-electron chi connectivity index (χ2n) is 6.10. The smallest absolute Gasteiger partial charge is 0.205 e. The minimum Gasteiger partial charge on any atom is -0.347 e. The van der Waals surface area contributed by atoms with Crippen LogP contribution < -0.4 is 4.90 Å². The number of piperidine rings is 1. The molecule has 2 heterocycles. The van der Waals surface area contributed by atoms with Crippen LogP contribution in [-0.2, 0) is 0 Å². The van der Waals surface area contributed by atoms with Crippen molar-refractivity contribution in [2.75, 3.05) is 31.6 Å². The van der Waals surface area contributed by atoms with Gasteiger partial charge >= 0.3 is 0 Å². The lowest BCUT2D eigenvalue weighted by Crippen LogP contribution is -2.49. The highest BCUT2D eigenvalue weighted by molar-refractivity contribution is 7.09. The predicted octanol–water partition coefficient (Wildman–Crippen LogP) is 3.37. The molecule has 1 aliphatic rings. The Morgan fingerprint density at radius 3 is 2.77 bits per heavy atom. The largest absolute Gasteiger partial charge is 0.347 e. The molecule has 1 aromatic carbocycles. The summed E-state index contributed by atoms with van der Waals surface area (Å²) in [5.74, 6) is 1.49. The van der Waals surface area contributed by atoms with E-state index in [0.29, 0.717) is 12.0 Å². The van der Waals surface area contributed by atoms with Crippen molar-refractivity contribution in [2.24, 2.45) is 5.92 Å². The number of hydrogen-bond acceptors (Lipinski definition) is 5. The first-order chi connectivity index (χ1) is 10.7. The van der Waals surface area contributed by atoms with Gasteiger partial charge in [-0.2, -0.15) is 9.36 Å². The van der Waals surface area contributed by atoms with Crippen molar-refractivity contribution >= 4 is 16.7 Å². The maximum atomic E-state index is 4.75. The van der Waals surface area contributed by atoms with Crippen molar-refractivity contribution < 1.29 is 0 Å². The summed E-state index contributed by atoms with van der Waals surface area (Å²) in [6, 6.07) is 10.8. The molecule has 0 spiro atoms. The lowest BCUT2D eigenvalue weighted by Gasteiger charge is -2.40. The molecule has 1 saturated heterocycles. The van der Waals surface area contributed by atoms with Crippen LogP contribution in [0, 0.1) is 5.92 Å². The van der Waals surface area contributed by atoms with E-state index in [0.717, 1.165) is 23.1 Å². The van der Waals surface area contributed by atoms with Crippen molar-refractivity contribution in [1.82, 2.24) is 14.3 Å². The summed E-state index contributed by atoms with van der Waals surface area (Å²) in [6.45, 7) is 8.10. The van der Waals surface area contributed by atoms with Crippen molar-refractivity contribution in [2.45, 2.75) is 26.3 Å². The SMILES string of the molecule is CCN1CCC(N(C)c2nc(-c3ccccc3)ns2)C(C)C1. The van der Waals surface area contributed by atoms with Crippen LogP contribution in [-0.4, -0.2) is 47.0 Å². The number of anilines is 1. The molecule has 118 valence electrons. The third-order valence-corrected chi connectivity index (χ3v) is 5.44. The van der Waals surface area contributed by atoms with Crippen molar-refractivity contribution in [3.63, 3.8) is 0 Å². The first kappa shape index (κ1) is 15.4. The van der Waals surface area contributed by atoms with Gasteiger partial charge in [0.25, 0.3) is 0 Å². The van der Waals surface area contributed by atoms with Gasteiger partial charge in [-0.15, -0.1) is 0 Å². The molecule has 22 heavy (non-hydrogen) atoms. The molecule has 0 amide bonds. The molecule has 1 aromatic heterocycles. The zero-order chi connectivity index (χ0) is 15.5. The number of hydrogen-bond donors (Lipinski definition) is 0. The number of rotatable bonds is 4. The minimum atomic E-state index is 0.555. The van der Waals surface area contributed by atoms with E-state index < -0.39 is 0 Å². The monoisotopic (exact) mass is 316 g/mol. The average Bonchev–Trinajstić information content (AvgIpc) is 3.05. The molecule has 5 heteroatoms. The third-order valence-electron chi connectivity index (χ3n) is 4.64. The second-order valence-corrected chi connectivity index (χ2v) is 6.83. The molecule has 0 radical (unpaired) electrons. The molecule has 3 rings (SSSR count). The van der Waals surface area contributed by atoms with Gasteiger partial charge in [0.2, 0.25) is 5.13 Å². The fourth-order valence-corrected chi connectivity index (χ4v) is 3.99. The van der Waals surface area contributed by atoms with E-state index in [1.165, 1.54) is 31.0 Å². The molecule has 1 fully saturated rings. The first-order valence-electron chi connectivity index (χ1n) is 8.03. The molecule has 2 aromatic rings. The van der Waals surface area contributed by atoms with Gasteiger partial charge in [0.15, 0.2) is 5.82 Å². The normalized spacial score (nSPS) is 22.7. The maximum absolute atomic E-state index is 4.75. The number of benzene rings is 1. The lowest BCUT2D eigenvalue weighted by molar-refractivity contribution is 0.169. The summed E-state index contributed by atoms with van der Waals surface area (Å²) in [4.78, 5) is 9.62. The van der Waals surface area contributed by atoms with E-state index in [9.17, 15) is 0 Å². The van der Waals surface area contributed by atoms with Gasteiger partial charge in [-0.25, -0.2) is 0 Å². The Bertz CT molecular complexity index is 598. The fraction of sp³-hybridized carbons (Fsp3) is 0.529. The van der Waals surface area contributed by atoms with Crippen LogP contribution in [0.25, 0.3) is 11.4 Å². The standard InChI is InChI=1S/C17H24N4S/c1-4-21-11-10-15(13(2)12-21)20(3)17-18-16(19-22-17)14-8-6-5-7-9-14/h5-9,13,15H,4,10-12H2,1-3H3. The molecule has 0 N–H and O–H groups in total. The van der Waals surface area contributed by atoms with Crippen molar-refractivity contribution in [3.05, 3.63) is 30.3 Å². The summed E-state index contributed by atoms with van der Waals surface area (Å²) in [7, 11) is 2.16. The highest BCUT2D eigenvalue weighted by Gasteiger charge is 2.29. The Morgan fingerprint density at radius 2 is 2.09 bits per heavy atom. The summed E-state index contributed by atoms with van der Waals surface area (Å²) >= 11 is 1.51. The molecule has 4 nitrogen and oxygen atoms in total. The average molecular weight is 316 g/mol. The van der Waals surface area contributed by atoms with E-state index >= 15 is 0 Å². The van der Waals surface area contributed by atoms with Crippen LogP contribution in [0.4, 0.5) is 5.13 Å². The number of aromatic nitrogens is 2. The maximum Gasteiger partial charge on any atom is 0.205 e. The molecule has 0 bridgehead atoms. The van der Waals surface area contributed by atoms with E-state index in [-0.39, 0.29) is 0 Å². The zero-order valence-electron chi connectivity index (χ0n) is 13.6. The van der Waals surface area contributed by atoms with Crippen LogP contribution >= 0.6 is 11.5 Å². The Labute approximate surface area is 137 Å². The van der Waals surface area contributed by atoms with Crippen LogP contribution in [0.5, 0.6) is 0 Å². The van der Waals surface area contributed by atoms with Gasteiger partial charge in [-0.05, 0) is 18.9 Å². The molecule has 2 atom stereocenters. The quantitative estimate of drug-likeness (QED) is 0.865. The Morgan fingerprint density at radius 1 is 1.32 bits per heavy atom. The number of likely N-dealkylation sites (tertiary alicyclic amines) is 1. The van der Waals surface area contributed by atoms with Crippen LogP contribution in [0.3, 0.4) is 0 Å². The van der Waals surface area contributed by atoms with E-state index in [1.54, 1.807) is 0 Å². The van der Waals surface area contributed by atoms with Gasteiger partial charge in [0.1, 0.15) is 0 Å². The molecular formula is C17H24N4S. The molecule has 0 aliphatic carbocycles. The predicted molar refractivity (Wildman–Crippen MR) is 93.4 cm³/mol. The van der Waals surface area contributed by atoms with E-state index in [4.69, 9.17) is 4.98 Å². The Kier molecular flexibility index (Phi) is 4.74. The molecular weight excluding hydrogens is 292 g/mol. The van der Waals surface area contributed by atoms with Crippen LogP contribution in [0.1, 0.15) is 20.3 Å². The zero-order valence-corrected chi connectivity index (χ0v) is 14.4. The van der Waals surface area contributed by atoms with Gasteiger partial charge in [-0.3, -0.25) is 0 Å². The van der Waals surface area contributed by atoms with Crippen molar-refractivity contribution in [1.29, 1.82) is 0 Å².